The molecule has 0 N–H and O–H groups in total. The minimum Gasteiger partial charge on any atom is -0.356 e. The minimum absolute atomic E-state index is 0.686. The zero-order valence-electron chi connectivity index (χ0n) is 21.9. The van der Waals surface area contributed by atoms with Crippen molar-refractivity contribution in [3.05, 3.63) is 49.0 Å². The van der Waals surface area contributed by atoms with Crippen molar-refractivity contribution in [2.75, 3.05) is 71.4 Å². The lowest BCUT2D eigenvalue weighted by atomic mass is 10.1. The van der Waals surface area contributed by atoms with Gasteiger partial charge in [0.1, 0.15) is 5.82 Å². The number of anilines is 1. The first-order chi connectivity index (χ1) is 16.6. The third-order valence-corrected chi connectivity index (χ3v) is 7.21. The Bertz CT molecular complexity index is 811. The SMILES string of the molecule is C=C.CC/C=C(\C=C/CN1CCC(N(C)C)C1)c1ncc2c(n1)N(CCCN1CCCC1)CC2. The molecule has 4 heterocycles. The van der Waals surface area contributed by atoms with Gasteiger partial charge in [-0.25, -0.2) is 9.97 Å². The summed E-state index contributed by atoms with van der Waals surface area (Å²) in [6.07, 6.45) is 16.2. The minimum atomic E-state index is 0.686. The maximum Gasteiger partial charge on any atom is 0.161 e. The Hall–Kier alpha value is -2.02. The third kappa shape index (κ3) is 7.24. The monoisotopic (exact) mass is 466 g/mol. The number of allylic oxidation sites excluding steroid dienone is 3. The van der Waals surface area contributed by atoms with Crippen LogP contribution >= 0.6 is 0 Å². The predicted molar refractivity (Wildman–Crippen MR) is 145 cm³/mol. The second-order valence-corrected chi connectivity index (χ2v) is 9.82. The van der Waals surface area contributed by atoms with Crippen LogP contribution in [-0.4, -0.2) is 97.2 Å². The van der Waals surface area contributed by atoms with Crippen molar-refractivity contribution in [1.29, 1.82) is 0 Å². The summed E-state index contributed by atoms with van der Waals surface area (Å²) in [7, 11) is 4.37. The number of likely N-dealkylation sites (N-methyl/N-ethyl adjacent to an activating group) is 1. The molecule has 2 saturated heterocycles. The summed E-state index contributed by atoms with van der Waals surface area (Å²) in [5.41, 5.74) is 2.46. The zero-order valence-corrected chi connectivity index (χ0v) is 21.9. The normalized spacial score (nSPS) is 21.5. The molecule has 0 radical (unpaired) electrons. The molecule has 1 unspecified atom stereocenters. The van der Waals surface area contributed by atoms with Crippen LogP contribution in [0.25, 0.3) is 5.57 Å². The van der Waals surface area contributed by atoms with E-state index in [9.17, 15) is 0 Å². The van der Waals surface area contributed by atoms with Crippen LogP contribution < -0.4 is 4.90 Å². The molecule has 3 aliphatic heterocycles. The van der Waals surface area contributed by atoms with Crippen LogP contribution in [0.2, 0.25) is 0 Å². The Balaban J connectivity index is 0.00000158. The molecule has 188 valence electrons. The van der Waals surface area contributed by atoms with E-state index in [-0.39, 0.29) is 0 Å². The van der Waals surface area contributed by atoms with Gasteiger partial charge in [0.2, 0.25) is 0 Å². The standard InChI is InChI=1S/C26H42N6.C2H4/c1-4-9-22(10-7-15-31-18-12-24(21-31)29(2)3)25-27-20-23-11-19-32(26(23)28-25)17-8-16-30-13-5-6-14-30;1-2/h7,9-10,20,24H,4-6,8,11-19,21H2,1-3H3;1-2H2/b10-7-,22-9+;. The number of aromatic nitrogens is 2. The van der Waals surface area contributed by atoms with Gasteiger partial charge in [-0.3, -0.25) is 4.90 Å². The Labute approximate surface area is 208 Å². The van der Waals surface area contributed by atoms with Crippen LogP contribution in [0, 0.1) is 0 Å². The molecule has 3 aliphatic rings. The van der Waals surface area contributed by atoms with Crippen molar-refractivity contribution in [2.24, 2.45) is 0 Å². The largest absolute Gasteiger partial charge is 0.356 e. The van der Waals surface area contributed by atoms with E-state index in [0.29, 0.717) is 6.04 Å². The molecule has 6 heteroatoms. The molecule has 0 aromatic carbocycles. The molecule has 34 heavy (non-hydrogen) atoms. The summed E-state index contributed by atoms with van der Waals surface area (Å²) >= 11 is 0. The molecule has 0 bridgehead atoms. The molecule has 1 aromatic heterocycles. The highest BCUT2D eigenvalue weighted by Crippen LogP contribution is 2.27. The molecule has 6 nitrogen and oxygen atoms in total. The molecular formula is C28H46N6. The van der Waals surface area contributed by atoms with Crippen LogP contribution in [0.5, 0.6) is 0 Å². The van der Waals surface area contributed by atoms with Gasteiger partial charge < -0.3 is 14.7 Å². The molecular weight excluding hydrogens is 420 g/mol. The van der Waals surface area contributed by atoms with Crippen molar-refractivity contribution in [1.82, 2.24) is 24.7 Å². The van der Waals surface area contributed by atoms with Crippen molar-refractivity contribution < 1.29 is 0 Å². The number of hydrogen-bond donors (Lipinski definition) is 0. The van der Waals surface area contributed by atoms with Crippen molar-refractivity contribution in [3.63, 3.8) is 0 Å². The quantitative estimate of drug-likeness (QED) is 0.382. The lowest BCUT2D eigenvalue weighted by molar-refractivity contribution is 0.280. The van der Waals surface area contributed by atoms with E-state index >= 15 is 0 Å². The van der Waals surface area contributed by atoms with E-state index in [2.05, 4.69) is 78.2 Å². The Morgan fingerprint density at radius 2 is 1.91 bits per heavy atom. The summed E-state index contributed by atoms with van der Waals surface area (Å²) in [5, 5.41) is 0. The lowest BCUT2D eigenvalue weighted by Gasteiger charge is -2.21. The predicted octanol–water partition coefficient (Wildman–Crippen LogP) is 4.11. The third-order valence-electron chi connectivity index (χ3n) is 7.21. The number of hydrogen-bond acceptors (Lipinski definition) is 6. The number of likely N-dealkylation sites (tertiary alicyclic amines) is 2. The average Bonchev–Trinajstić information content (AvgIpc) is 3.61. The summed E-state index contributed by atoms with van der Waals surface area (Å²) in [5.74, 6) is 2.04. The van der Waals surface area contributed by atoms with Gasteiger partial charge in [0, 0.05) is 56.1 Å². The average molecular weight is 467 g/mol. The maximum atomic E-state index is 5.05. The van der Waals surface area contributed by atoms with E-state index in [1.54, 1.807) is 0 Å². The van der Waals surface area contributed by atoms with Crippen LogP contribution in [0.1, 0.15) is 50.4 Å². The fraction of sp³-hybridized carbons (Fsp3) is 0.643. The Morgan fingerprint density at radius 1 is 1.12 bits per heavy atom. The van der Waals surface area contributed by atoms with Gasteiger partial charge in [0.05, 0.1) is 0 Å². The van der Waals surface area contributed by atoms with Gasteiger partial charge in [-0.05, 0) is 72.3 Å². The van der Waals surface area contributed by atoms with E-state index < -0.39 is 0 Å². The van der Waals surface area contributed by atoms with Crippen molar-refractivity contribution in [2.45, 2.75) is 51.5 Å². The number of nitrogens with zero attached hydrogens (tertiary/aromatic N) is 6. The number of fused-ring (bicyclic) bond motifs is 1. The highest BCUT2D eigenvalue weighted by molar-refractivity contribution is 5.71. The lowest BCUT2D eigenvalue weighted by Crippen LogP contribution is -2.31. The summed E-state index contributed by atoms with van der Waals surface area (Å²) in [6.45, 7) is 17.5. The first-order valence-corrected chi connectivity index (χ1v) is 13.2. The van der Waals surface area contributed by atoms with Crippen molar-refractivity contribution >= 4 is 11.4 Å². The molecule has 0 aliphatic carbocycles. The van der Waals surface area contributed by atoms with Gasteiger partial charge in [0.15, 0.2) is 5.82 Å². The fourth-order valence-electron chi connectivity index (χ4n) is 5.24. The van der Waals surface area contributed by atoms with E-state index in [0.717, 1.165) is 50.4 Å². The Kier molecular flexibility index (Phi) is 10.8. The van der Waals surface area contributed by atoms with Crippen LogP contribution in [-0.2, 0) is 6.42 Å². The highest BCUT2D eigenvalue weighted by atomic mass is 15.2. The summed E-state index contributed by atoms with van der Waals surface area (Å²) in [6, 6.07) is 0.686. The maximum absolute atomic E-state index is 5.05. The topological polar surface area (TPSA) is 38.7 Å². The van der Waals surface area contributed by atoms with Gasteiger partial charge in [-0.2, -0.15) is 0 Å². The van der Waals surface area contributed by atoms with E-state index in [1.807, 2.05) is 0 Å². The van der Waals surface area contributed by atoms with Gasteiger partial charge in [0.25, 0.3) is 0 Å². The first-order valence-electron chi connectivity index (χ1n) is 13.2. The molecule has 0 amide bonds. The summed E-state index contributed by atoms with van der Waals surface area (Å²) < 4.78 is 0. The Morgan fingerprint density at radius 3 is 2.62 bits per heavy atom. The van der Waals surface area contributed by atoms with Crippen LogP contribution in [0.15, 0.2) is 37.6 Å². The molecule has 0 spiro atoms. The van der Waals surface area contributed by atoms with Gasteiger partial charge in [-0.15, -0.1) is 13.2 Å². The van der Waals surface area contributed by atoms with Gasteiger partial charge in [-0.1, -0.05) is 25.2 Å². The van der Waals surface area contributed by atoms with E-state index in [4.69, 9.17) is 9.97 Å². The number of rotatable bonds is 10. The summed E-state index contributed by atoms with van der Waals surface area (Å²) in [4.78, 5) is 19.8. The van der Waals surface area contributed by atoms with Crippen LogP contribution in [0.4, 0.5) is 5.82 Å². The molecule has 1 atom stereocenters. The molecule has 2 fully saturated rings. The molecule has 0 saturated carbocycles. The molecule has 1 aromatic rings. The smallest absolute Gasteiger partial charge is 0.161 e. The first kappa shape index (κ1) is 26.6. The van der Waals surface area contributed by atoms with Crippen LogP contribution in [0.3, 0.4) is 0 Å². The fourth-order valence-corrected chi connectivity index (χ4v) is 5.24. The second-order valence-electron chi connectivity index (χ2n) is 9.82. The van der Waals surface area contributed by atoms with E-state index in [1.165, 1.54) is 63.2 Å². The van der Waals surface area contributed by atoms with Crippen molar-refractivity contribution in [3.8, 4) is 0 Å². The zero-order chi connectivity index (χ0) is 24.3. The van der Waals surface area contributed by atoms with Gasteiger partial charge >= 0.3 is 0 Å². The second kappa shape index (κ2) is 13.8. The molecule has 4 rings (SSSR count). The highest BCUT2D eigenvalue weighted by Gasteiger charge is 2.24.